The van der Waals surface area contributed by atoms with E-state index in [0.717, 1.165) is 21.9 Å². The molecule has 6 heteroatoms. The zero-order valence-electron chi connectivity index (χ0n) is 18.9. The topological polar surface area (TPSA) is 77.0 Å². The molecule has 0 atom stereocenters. The van der Waals surface area contributed by atoms with Gasteiger partial charge in [-0.15, -0.1) is 0 Å². The van der Waals surface area contributed by atoms with Crippen molar-refractivity contribution < 1.29 is 19.1 Å². The summed E-state index contributed by atoms with van der Waals surface area (Å²) >= 11 is 0. The van der Waals surface area contributed by atoms with Gasteiger partial charge >= 0.3 is 5.97 Å². The molecule has 4 aromatic rings. The molecule has 0 fully saturated rings. The molecule has 0 aliphatic carbocycles. The van der Waals surface area contributed by atoms with Gasteiger partial charge in [-0.1, -0.05) is 66.2 Å². The third-order valence-electron chi connectivity index (χ3n) is 5.22. The fourth-order valence-corrected chi connectivity index (χ4v) is 3.49. The molecule has 170 valence electrons. The maximum atomic E-state index is 12.7. The molecule has 0 aliphatic rings. The van der Waals surface area contributed by atoms with Gasteiger partial charge in [-0.3, -0.25) is 4.79 Å². The van der Waals surface area contributed by atoms with Crippen LogP contribution in [0.2, 0.25) is 0 Å². The predicted molar refractivity (Wildman–Crippen MR) is 132 cm³/mol. The summed E-state index contributed by atoms with van der Waals surface area (Å²) in [4.78, 5) is 25.0. The van der Waals surface area contributed by atoms with Crippen LogP contribution in [0, 0.1) is 13.8 Å². The third kappa shape index (κ3) is 5.48. The molecule has 34 heavy (non-hydrogen) atoms. The summed E-state index contributed by atoms with van der Waals surface area (Å²) in [5.74, 6) is 0.114. The lowest BCUT2D eigenvalue weighted by molar-refractivity contribution is -0.123. The molecular formula is C28H24N2O4. The van der Waals surface area contributed by atoms with E-state index < -0.39 is 11.9 Å². The van der Waals surface area contributed by atoms with Crippen LogP contribution >= 0.6 is 0 Å². The summed E-state index contributed by atoms with van der Waals surface area (Å²) in [6.45, 7) is 3.65. The number of para-hydroxylation sites is 1. The second-order valence-corrected chi connectivity index (χ2v) is 7.80. The lowest BCUT2D eigenvalue weighted by Gasteiger charge is -2.11. The first-order chi connectivity index (χ1) is 16.5. The van der Waals surface area contributed by atoms with Crippen LogP contribution in [0.3, 0.4) is 0 Å². The lowest BCUT2D eigenvalue weighted by Crippen LogP contribution is -2.24. The number of nitrogens with zero attached hydrogens (tertiary/aromatic N) is 1. The number of nitrogens with one attached hydrogen (secondary N) is 1. The normalized spacial score (nSPS) is 10.9. The summed E-state index contributed by atoms with van der Waals surface area (Å²) in [6.07, 6.45) is 1.48. The number of ether oxygens (including phenoxy) is 2. The summed E-state index contributed by atoms with van der Waals surface area (Å²) < 4.78 is 11.3. The van der Waals surface area contributed by atoms with Crippen molar-refractivity contribution in [3.63, 3.8) is 0 Å². The van der Waals surface area contributed by atoms with E-state index in [9.17, 15) is 9.59 Å². The Morgan fingerprint density at radius 3 is 2.50 bits per heavy atom. The van der Waals surface area contributed by atoms with Crippen LogP contribution in [-0.2, 0) is 4.79 Å². The second-order valence-electron chi connectivity index (χ2n) is 7.80. The maximum absolute atomic E-state index is 12.7. The Bertz CT molecular complexity index is 1380. The monoisotopic (exact) mass is 452 g/mol. The van der Waals surface area contributed by atoms with Crippen LogP contribution in [0.1, 0.15) is 27.0 Å². The van der Waals surface area contributed by atoms with Gasteiger partial charge in [0.2, 0.25) is 0 Å². The number of hydrogen-bond acceptors (Lipinski definition) is 5. The highest BCUT2D eigenvalue weighted by Crippen LogP contribution is 2.27. The third-order valence-corrected chi connectivity index (χ3v) is 5.22. The van der Waals surface area contributed by atoms with Gasteiger partial charge in [0.15, 0.2) is 6.61 Å². The average Bonchev–Trinajstić information content (AvgIpc) is 2.84. The summed E-state index contributed by atoms with van der Waals surface area (Å²) in [6, 6.07) is 25.9. The van der Waals surface area contributed by atoms with Crippen LogP contribution in [0.5, 0.6) is 11.5 Å². The van der Waals surface area contributed by atoms with E-state index in [1.807, 2.05) is 74.5 Å². The Hall–Kier alpha value is -4.45. The molecule has 0 bridgehead atoms. The van der Waals surface area contributed by atoms with Gasteiger partial charge in [0.05, 0.1) is 11.8 Å². The van der Waals surface area contributed by atoms with Crippen LogP contribution in [0.4, 0.5) is 0 Å². The minimum atomic E-state index is -0.468. The van der Waals surface area contributed by atoms with Crippen molar-refractivity contribution in [2.24, 2.45) is 5.10 Å². The fourth-order valence-electron chi connectivity index (χ4n) is 3.49. The Labute approximate surface area is 197 Å². The second kappa shape index (κ2) is 10.4. The SMILES string of the molecule is Cc1cccc(C(=O)Oc2ccc3ccccc3c2/C=N/NC(=O)COc2ccccc2C)c1. The Balaban J connectivity index is 1.52. The first-order valence-corrected chi connectivity index (χ1v) is 10.8. The molecule has 4 rings (SSSR count). The van der Waals surface area contributed by atoms with Crippen LogP contribution in [0.15, 0.2) is 90.0 Å². The highest BCUT2D eigenvalue weighted by Gasteiger charge is 2.14. The first kappa shape index (κ1) is 22.7. The number of carbonyl (C=O) groups excluding carboxylic acids is 2. The Morgan fingerprint density at radius 2 is 1.68 bits per heavy atom. The quantitative estimate of drug-likeness (QED) is 0.181. The average molecular weight is 453 g/mol. The standard InChI is InChI=1S/C28H24N2O4/c1-19-8-7-11-22(16-19)28(32)34-26-15-14-21-10-4-5-12-23(21)24(26)17-29-30-27(31)18-33-25-13-6-3-9-20(25)2/h3-17H,18H2,1-2H3,(H,30,31)/b29-17+. The van der Waals surface area contributed by atoms with E-state index in [0.29, 0.717) is 22.6 Å². The minimum Gasteiger partial charge on any atom is -0.483 e. The first-order valence-electron chi connectivity index (χ1n) is 10.8. The van der Waals surface area contributed by atoms with Crippen molar-refractivity contribution >= 4 is 28.9 Å². The molecule has 4 aromatic carbocycles. The largest absolute Gasteiger partial charge is 0.483 e. The van der Waals surface area contributed by atoms with E-state index >= 15 is 0 Å². The molecule has 0 unspecified atom stereocenters. The van der Waals surface area contributed by atoms with E-state index in [1.54, 1.807) is 24.3 Å². The van der Waals surface area contributed by atoms with E-state index in [2.05, 4.69) is 10.5 Å². The van der Waals surface area contributed by atoms with Crippen LogP contribution in [0.25, 0.3) is 10.8 Å². The molecule has 0 spiro atoms. The molecule has 0 radical (unpaired) electrons. The smallest absolute Gasteiger partial charge is 0.343 e. The number of hydrogen-bond donors (Lipinski definition) is 1. The predicted octanol–water partition coefficient (Wildman–Crippen LogP) is 5.20. The zero-order valence-corrected chi connectivity index (χ0v) is 18.9. The molecule has 0 aromatic heterocycles. The molecule has 0 saturated heterocycles. The summed E-state index contributed by atoms with van der Waals surface area (Å²) in [7, 11) is 0. The van der Waals surface area contributed by atoms with Gasteiger partial charge in [0.1, 0.15) is 11.5 Å². The number of amides is 1. The summed E-state index contributed by atoms with van der Waals surface area (Å²) in [5.41, 5.74) is 5.41. The number of rotatable bonds is 7. The Kier molecular flexibility index (Phi) is 6.98. The lowest BCUT2D eigenvalue weighted by atomic mass is 10.0. The van der Waals surface area contributed by atoms with Gasteiger partial charge in [0.25, 0.3) is 5.91 Å². The minimum absolute atomic E-state index is 0.174. The fraction of sp³-hybridized carbons (Fsp3) is 0.107. The van der Waals surface area contributed by atoms with Gasteiger partial charge in [-0.2, -0.15) is 5.10 Å². The molecule has 0 aliphatic heterocycles. The maximum Gasteiger partial charge on any atom is 0.343 e. The van der Waals surface area contributed by atoms with Gasteiger partial charge in [-0.05, 0) is 54.4 Å². The highest BCUT2D eigenvalue weighted by atomic mass is 16.5. The van der Waals surface area contributed by atoms with Gasteiger partial charge in [0, 0.05) is 5.56 Å². The van der Waals surface area contributed by atoms with Crippen LogP contribution < -0.4 is 14.9 Å². The Morgan fingerprint density at radius 1 is 0.882 bits per heavy atom. The number of aryl methyl sites for hydroxylation is 2. The van der Waals surface area contributed by atoms with Crippen molar-refractivity contribution in [2.45, 2.75) is 13.8 Å². The van der Waals surface area contributed by atoms with Crippen molar-refractivity contribution in [3.8, 4) is 11.5 Å². The molecule has 1 amide bonds. The number of benzene rings is 4. The van der Waals surface area contributed by atoms with Crippen molar-refractivity contribution in [1.29, 1.82) is 0 Å². The number of hydrazone groups is 1. The van der Waals surface area contributed by atoms with Gasteiger partial charge in [-0.25, -0.2) is 10.2 Å². The highest BCUT2D eigenvalue weighted by molar-refractivity contribution is 6.04. The van der Waals surface area contributed by atoms with E-state index in [1.165, 1.54) is 6.21 Å². The van der Waals surface area contributed by atoms with Gasteiger partial charge < -0.3 is 9.47 Å². The van der Waals surface area contributed by atoms with Crippen molar-refractivity contribution in [2.75, 3.05) is 6.61 Å². The molecular weight excluding hydrogens is 428 g/mol. The van der Waals surface area contributed by atoms with Crippen molar-refractivity contribution in [1.82, 2.24) is 5.43 Å². The van der Waals surface area contributed by atoms with Crippen LogP contribution in [-0.4, -0.2) is 24.7 Å². The summed E-state index contributed by atoms with van der Waals surface area (Å²) in [5, 5.41) is 5.88. The molecule has 0 heterocycles. The molecule has 6 nitrogen and oxygen atoms in total. The zero-order chi connectivity index (χ0) is 23.9. The van der Waals surface area contributed by atoms with E-state index in [-0.39, 0.29) is 6.61 Å². The molecule has 0 saturated carbocycles. The number of fused-ring (bicyclic) bond motifs is 1. The van der Waals surface area contributed by atoms with Crippen molar-refractivity contribution in [3.05, 3.63) is 107 Å². The molecule has 1 N–H and O–H groups in total. The number of carbonyl (C=O) groups is 2. The van der Waals surface area contributed by atoms with E-state index in [4.69, 9.17) is 9.47 Å². The number of esters is 1.